The van der Waals surface area contributed by atoms with Crippen molar-refractivity contribution in [1.82, 2.24) is 4.98 Å². The van der Waals surface area contributed by atoms with Gasteiger partial charge in [0.05, 0.1) is 13.2 Å². The average molecular weight is 240 g/mol. The summed E-state index contributed by atoms with van der Waals surface area (Å²) in [5.41, 5.74) is 5.99. The molecular formula is C10H16N4O3. The number of amidine groups is 1. The zero-order chi connectivity index (χ0) is 12.7. The van der Waals surface area contributed by atoms with Crippen LogP contribution >= 0.6 is 0 Å². The Kier molecular flexibility index (Phi) is 5.18. The second-order valence-electron chi connectivity index (χ2n) is 3.32. The van der Waals surface area contributed by atoms with Crippen molar-refractivity contribution < 1.29 is 15.4 Å². The van der Waals surface area contributed by atoms with E-state index in [1.165, 1.54) is 6.20 Å². The fraction of sp³-hybridized carbons (Fsp3) is 0.400. The lowest BCUT2D eigenvalue weighted by atomic mass is 10.2. The molecule has 5 N–H and O–H groups in total. The lowest BCUT2D eigenvalue weighted by molar-refractivity contribution is 0.280. The molecule has 0 aliphatic carbocycles. The Labute approximate surface area is 98.8 Å². The molecule has 1 aromatic heterocycles. The summed E-state index contributed by atoms with van der Waals surface area (Å²) >= 11 is 0. The van der Waals surface area contributed by atoms with E-state index < -0.39 is 0 Å². The van der Waals surface area contributed by atoms with E-state index in [4.69, 9.17) is 21.2 Å². The highest BCUT2D eigenvalue weighted by Crippen LogP contribution is 2.12. The molecule has 17 heavy (non-hydrogen) atoms. The van der Waals surface area contributed by atoms with E-state index in [0.29, 0.717) is 24.5 Å². The Morgan fingerprint density at radius 2 is 2.00 bits per heavy atom. The van der Waals surface area contributed by atoms with Gasteiger partial charge in [0, 0.05) is 24.8 Å². The molecule has 1 rings (SSSR count). The summed E-state index contributed by atoms with van der Waals surface area (Å²) < 4.78 is 0. The quantitative estimate of drug-likeness (QED) is 0.219. The number of nitrogens with zero attached hydrogens (tertiary/aromatic N) is 3. The SMILES string of the molecule is NC(=NO)c1ccnc(N(CCO)CCO)c1. The second kappa shape index (κ2) is 6.66. The minimum atomic E-state index is -0.0462. The van der Waals surface area contributed by atoms with Crippen LogP contribution in [0.2, 0.25) is 0 Å². The summed E-state index contributed by atoms with van der Waals surface area (Å²) in [4.78, 5) is 5.81. The van der Waals surface area contributed by atoms with Crippen LogP contribution in [0.25, 0.3) is 0 Å². The number of anilines is 1. The second-order valence-corrected chi connectivity index (χ2v) is 3.32. The smallest absolute Gasteiger partial charge is 0.170 e. The number of oxime groups is 1. The van der Waals surface area contributed by atoms with E-state index in [1.54, 1.807) is 17.0 Å². The first kappa shape index (κ1) is 13.2. The van der Waals surface area contributed by atoms with Crippen LogP contribution in [-0.4, -0.2) is 52.5 Å². The molecule has 0 aliphatic rings. The molecule has 0 saturated carbocycles. The van der Waals surface area contributed by atoms with Gasteiger partial charge in [-0.15, -0.1) is 0 Å². The van der Waals surface area contributed by atoms with Gasteiger partial charge in [-0.1, -0.05) is 5.16 Å². The predicted molar refractivity (Wildman–Crippen MR) is 63.1 cm³/mol. The number of aliphatic hydroxyl groups is 2. The van der Waals surface area contributed by atoms with E-state index in [1.807, 2.05) is 0 Å². The first-order valence-electron chi connectivity index (χ1n) is 5.13. The molecule has 7 heteroatoms. The third kappa shape index (κ3) is 3.58. The fourth-order valence-corrected chi connectivity index (χ4v) is 1.39. The van der Waals surface area contributed by atoms with Gasteiger partial charge >= 0.3 is 0 Å². The van der Waals surface area contributed by atoms with Gasteiger partial charge in [0.25, 0.3) is 0 Å². The van der Waals surface area contributed by atoms with Crippen LogP contribution in [0.1, 0.15) is 5.56 Å². The topological polar surface area (TPSA) is 115 Å². The number of hydrogen-bond donors (Lipinski definition) is 4. The number of aliphatic hydroxyl groups excluding tert-OH is 2. The molecule has 1 heterocycles. The van der Waals surface area contributed by atoms with Crippen molar-refractivity contribution in [3.05, 3.63) is 23.9 Å². The lowest BCUT2D eigenvalue weighted by Crippen LogP contribution is -2.30. The Morgan fingerprint density at radius 1 is 1.35 bits per heavy atom. The molecule has 0 bridgehead atoms. The third-order valence-corrected chi connectivity index (χ3v) is 2.21. The molecule has 0 unspecified atom stereocenters. The van der Waals surface area contributed by atoms with Gasteiger partial charge in [-0.25, -0.2) is 4.98 Å². The van der Waals surface area contributed by atoms with E-state index >= 15 is 0 Å². The predicted octanol–water partition coefficient (Wildman–Crippen LogP) is -1.03. The molecule has 0 aromatic carbocycles. The number of rotatable bonds is 6. The molecule has 0 saturated heterocycles. The maximum Gasteiger partial charge on any atom is 0.170 e. The van der Waals surface area contributed by atoms with Gasteiger partial charge in [-0.2, -0.15) is 0 Å². The van der Waals surface area contributed by atoms with E-state index in [0.717, 1.165) is 0 Å². The highest BCUT2D eigenvalue weighted by molar-refractivity contribution is 5.97. The summed E-state index contributed by atoms with van der Waals surface area (Å²) in [5.74, 6) is 0.541. The monoisotopic (exact) mass is 240 g/mol. The highest BCUT2D eigenvalue weighted by atomic mass is 16.4. The van der Waals surface area contributed by atoms with Crippen molar-refractivity contribution in [2.24, 2.45) is 10.9 Å². The maximum absolute atomic E-state index is 8.91. The van der Waals surface area contributed by atoms with Gasteiger partial charge in [0.15, 0.2) is 5.84 Å². The molecule has 94 valence electrons. The van der Waals surface area contributed by atoms with Crippen LogP contribution in [0.3, 0.4) is 0 Å². The minimum Gasteiger partial charge on any atom is -0.409 e. The summed E-state index contributed by atoms with van der Waals surface area (Å²) in [7, 11) is 0. The van der Waals surface area contributed by atoms with Crippen LogP contribution < -0.4 is 10.6 Å². The summed E-state index contributed by atoms with van der Waals surface area (Å²) in [6.07, 6.45) is 1.52. The van der Waals surface area contributed by atoms with E-state index in [9.17, 15) is 0 Å². The Hall–Kier alpha value is -1.86. The summed E-state index contributed by atoms with van der Waals surface area (Å²) in [5, 5.41) is 29.3. The summed E-state index contributed by atoms with van der Waals surface area (Å²) in [6.45, 7) is 0.616. The maximum atomic E-state index is 8.91. The van der Waals surface area contributed by atoms with Gasteiger partial charge in [0.1, 0.15) is 5.82 Å². The van der Waals surface area contributed by atoms with Crippen molar-refractivity contribution in [1.29, 1.82) is 0 Å². The van der Waals surface area contributed by atoms with Crippen molar-refractivity contribution in [3.8, 4) is 0 Å². The van der Waals surface area contributed by atoms with Gasteiger partial charge in [-0.05, 0) is 12.1 Å². The highest BCUT2D eigenvalue weighted by Gasteiger charge is 2.08. The zero-order valence-electron chi connectivity index (χ0n) is 9.32. The van der Waals surface area contributed by atoms with Crippen LogP contribution in [-0.2, 0) is 0 Å². The van der Waals surface area contributed by atoms with Crippen molar-refractivity contribution in [3.63, 3.8) is 0 Å². The molecule has 0 radical (unpaired) electrons. The van der Waals surface area contributed by atoms with Crippen LogP contribution in [0.15, 0.2) is 23.5 Å². The molecule has 7 nitrogen and oxygen atoms in total. The molecule has 0 spiro atoms. The molecule has 0 fully saturated rings. The van der Waals surface area contributed by atoms with Crippen LogP contribution in [0.5, 0.6) is 0 Å². The fourth-order valence-electron chi connectivity index (χ4n) is 1.39. The molecule has 0 aliphatic heterocycles. The lowest BCUT2D eigenvalue weighted by Gasteiger charge is -2.21. The molecule has 0 amide bonds. The van der Waals surface area contributed by atoms with E-state index in [2.05, 4.69) is 10.1 Å². The van der Waals surface area contributed by atoms with E-state index in [-0.39, 0.29) is 19.0 Å². The minimum absolute atomic E-state index is 0.0124. The summed E-state index contributed by atoms with van der Waals surface area (Å²) in [6, 6.07) is 3.23. The van der Waals surface area contributed by atoms with Crippen molar-refractivity contribution in [2.75, 3.05) is 31.2 Å². The van der Waals surface area contributed by atoms with Crippen LogP contribution in [0, 0.1) is 0 Å². The Balaban J connectivity index is 2.95. The number of pyridine rings is 1. The third-order valence-electron chi connectivity index (χ3n) is 2.21. The first-order chi connectivity index (χ1) is 8.22. The van der Waals surface area contributed by atoms with Crippen molar-refractivity contribution in [2.45, 2.75) is 0 Å². The Morgan fingerprint density at radius 3 is 2.53 bits per heavy atom. The average Bonchev–Trinajstić information content (AvgIpc) is 2.37. The number of nitrogens with two attached hydrogens (primary N) is 1. The Bertz CT molecular complexity index is 378. The van der Waals surface area contributed by atoms with Gasteiger partial charge in [-0.3, -0.25) is 0 Å². The van der Waals surface area contributed by atoms with Crippen molar-refractivity contribution >= 4 is 11.7 Å². The largest absolute Gasteiger partial charge is 0.409 e. The molecule has 1 aromatic rings. The number of hydrogen-bond acceptors (Lipinski definition) is 6. The zero-order valence-corrected chi connectivity index (χ0v) is 9.32. The first-order valence-corrected chi connectivity index (χ1v) is 5.13. The van der Waals surface area contributed by atoms with Gasteiger partial charge < -0.3 is 26.1 Å². The molecule has 0 atom stereocenters. The normalized spacial score (nSPS) is 11.5. The standard InChI is InChI=1S/C10H16N4O3/c11-10(13-17)8-1-2-12-9(7-8)14(3-5-15)4-6-16/h1-2,7,15-17H,3-6H2,(H2,11,13). The molecular weight excluding hydrogens is 224 g/mol. The number of aromatic nitrogens is 1. The van der Waals surface area contributed by atoms with Gasteiger partial charge in [0.2, 0.25) is 0 Å². The van der Waals surface area contributed by atoms with Crippen LogP contribution in [0.4, 0.5) is 5.82 Å².